The number of allylic oxidation sites excluding steroid dienone is 1. The molecular formula is C21H26N2O5. The van der Waals surface area contributed by atoms with Gasteiger partial charge in [-0.15, -0.1) is 0 Å². The van der Waals surface area contributed by atoms with Gasteiger partial charge in [-0.25, -0.2) is 0 Å². The molecule has 0 saturated heterocycles. The molecule has 3 fully saturated rings. The van der Waals surface area contributed by atoms with Crippen molar-refractivity contribution in [2.45, 2.75) is 58.0 Å². The van der Waals surface area contributed by atoms with E-state index in [9.17, 15) is 30.1 Å². The standard InChI is InChI=1S/C21H26N2O5/c1-19-6-5-12(25)7-11(19)3-4-13-14-8-16(23-22)21(28,17(27)10-24)20(14,2)9-15(26)18(13)19/h7,13-14,18,24,28H,3-6,8-10H2,1-2H3/t13-,14-,18+,19-,20-,21-/m0/s1. The number of Topliss-reactive ketones (excluding diaryl/α,β-unsaturated/α-hetero) is 2. The predicted molar refractivity (Wildman–Crippen MR) is 98.2 cm³/mol. The summed E-state index contributed by atoms with van der Waals surface area (Å²) >= 11 is 0. The summed E-state index contributed by atoms with van der Waals surface area (Å²) in [6.07, 6.45) is 4.37. The van der Waals surface area contributed by atoms with Crippen LogP contribution in [-0.2, 0) is 14.4 Å². The number of carbonyl (C=O) groups excluding carboxylic acids is 3. The van der Waals surface area contributed by atoms with Gasteiger partial charge >= 0.3 is 5.71 Å². The van der Waals surface area contributed by atoms with Gasteiger partial charge in [-0.3, -0.25) is 14.4 Å². The number of aliphatic hydroxyl groups is 2. The van der Waals surface area contributed by atoms with Gasteiger partial charge in [0.25, 0.3) is 0 Å². The second-order valence-electron chi connectivity index (χ2n) is 9.44. The van der Waals surface area contributed by atoms with Gasteiger partial charge in [0.1, 0.15) is 12.4 Å². The highest BCUT2D eigenvalue weighted by Crippen LogP contribution is 2.65. The Balaban J connectivity index is 1.82. The first-order valence-corrected chi connectivity index (χ1v) is 9.98. The molecule has 4 aliphatic carbocycles. The van der Waals surface area contributed by atoms with Gasteiger partial charge in [-0.05, 0) is 42.6 Å². The third-order valence-electron chi connectivity index (χ3n) is 8.37. The summed E-state index contributed by atoms with van der Waals surface area (Å²) in [6, 6.07) is 0. The van der Waals surface area contributed by atoms with Gasteiger partial charge < -0.3 is 15.7 Å². The first-order chi connectivity index (χ1) is 13.1. The molecule has 0 aromatic heterocycles. The number of nitrogens with zero attached hydrogens (tertiary/aromatic N) is 2. The summed E-state index contributed by atoms with van der Waals surface area (Å²) in [6.45, 7) is 2.88. The van der Waals surface area contributed by atoms with Crippen molar-refractivity contribution in [3.63, 3.8) is 0 Å². The monoisotopic (exact) mass is 386 g/mol. The van der Waals surface area contributed by atoms with E-state index in [2.05, 4.69) is 11.7 Å². The molecule has 2 N–H and O–H groups in total. The van der Waals surface area contributed by atoms with Crippen LogP contribution in [-0.4, -0.2) is 50.3 Å². The number of fused-ring (bicyclic) bond motifs is 5. The fourth-order valence-electron chi connectivity index (χ4n) is 6.92. The molecule has 3 saturated carbocycles. The van der Waals surface area contributed by atoms with Crippen LogP contribution in [0, 0.1) is 28.6 Å². The minimum Gasteiger partial charge on any atom is -0.388 e. The zero-order valence-corrected chi connectivity index (χ0v) is 16.3. The van der Waals surface area contributed by atoms with E-state index >= 15 is 0 Å². The minimum absolute atomic E-state index is 0.0170. The van der Waals surface area contributed by atoms with Gasteiger partial charge in [-0.2, -0.15) is 4.79 Å². The Labute approximate surface area is 163 Å². The van der Waals surface area contributed by atoms with Crippen LogP contribution in [0.25, 0.3) is 5.53 Å². The zero-order valence-electron chi connectivity index (χ0n) is 16.3. The molecule has 0 spiro atoms. The Morgan fingerprint density at radius 3 is 2.68 bits per heavy atom. The zero-order chi connectivity index (χ0) is 20.5. The molecule has 28 heavy (non-hydrogen) atoms. The first-order valence-electron chi connectivity index (χ1n) is 9.98. The van der Waals surface area contributed by atoms with Crippen LogP contribution in [0.1, 0.15) is 52.4 Å². The highest BCUT2D eigenvalue weighted by molar-refractivity contribution is 6.14. The fourth-order valence-corrected chi connectivity index (χ4v) is 6.92. The summed E-state index contributed by atoms with van der Waals surface area (Å²) in [5.74, 6) is -1.30. The maximum Gasteiger partial charge on any atom is 0.308 e. The lowest BCUT2D eigenvalue weighted by molar-refractivity contribution is -0.166. The van der Waals surface area contributed by atoms with Crippen molar-refractivity contribution in [1.82, 2.24) is 0 Å². The topological polar surface area (TPSA) is 128 Å². The van der Waals surface area contributed by atoms with Crippen LogP contribution in [0.3, 0.4) is 0 Å². The van der Waals surface area contributed by atoms with Crippen molar-refractivity contribution in [3.05, 3.63) is 17.2 Å². The molecular weight excluding hydrogens is 360 g/mol. The molecule has 7 nitrogen and oxygen atoms in total. The van der Waals surface area contributed by atoms with Crippen molar-refractivity contribution >= 4 is 23.1 Å². The molecule has 6 atom stereocenters. The lowest BCUT2D eigenvalue weighted by atomic mass is 9.46. The number of carbonyl (C=O) groups is 3. The molecule has 0 aromatic carbocycles. The Morgan fingerprint density at radius 2 is 2.04 bits per heavy atom. The van der Waals surface area contributed by atoms with Gasteiger partial charge in [0.05, 0.1) is 6.42 Å². The smallest absolute Gasteiger partial charge is 0.308 e. The van der Waals surface area contributed by atoms with Gasteiger partial charge in [0.15, 0.2) is 5.78 Å². The van der Waals surface area contributed by atoms with Crippen LogP contribution in [0.4, 0.5) is 0 Å². The SMILES string of the molecule is C[C@]12CCC(=O)C=C1CC[C@@H]1[C@@H]2C(=O)C[C@@]2(C)[C@H]1CC(=[N+]=[N-])[C@]2(O)C(=O)CO. The molecule has 0 aliphatic heterocycles. The number of rotatable bonds is 2. The largest absolute Gasteiger partial charge is 0.388 e. The van der Waals surface area contributed by atoms with Crippen LogP contribution in [0.5, 0.6) is 0 Å². The Morgan fingerprint density at radius 1 is 1.32 bits per heavy atom. The molecule has 7 heteroatoms. The molecule has 0 aromatic rings. The van der Waals surface area contributed by atoms with Crippen LogP contribution in [0.2, 0.25) is 0 Å². The molecule has 0 radical (unpaired) electrons. The van der Waals surface area contributed by atoms with Crippen molar-refractivity contribution in [2.24, 2.45) is 28.6 Å². The quantitative estimate of drug-likeness (QED) is 0.545. The second-order valence-corrected chi connectivity index (χ2v) is 9.44. The minimum atomic E-state index is -2.14. The summed E-state index contributed by atoms with van der Waals surface area (Å²) in [5.41, 5.74) is 6.85. The molecule has 0 heterocycles. The van der Waals surface area contributed by atoms with Gasteiger partial charge in [-0.1, -0.05) is 19.4 Å². The van der Waals surface area contributed by atoms with E-state index in [0.29, 0.717) is 25.7 Å². The molecule has 0 bridgehead atoms. The number of ketones is 3. The lowest BCUT2D eigenvalue weighted by Gasteiger charge is -2.56. The molecule has 0 unspecified atom stereocenters. The fraction of sp³-hybridized carbons (Fsp3) is 0.714. The summed E-state index contributed by atoms with van der Waals surface area (Å²) in [7, 11) is 0. The normalized spacial score (nSPS) is 44.9. The van der Waals surface area contributed by atoms with Gasteiger partial charge in [0.2, 0.25) is 11.4 Å². The maximum absolute atomic E-state index is 13.4. The Kier molecular flexibility index (Phi) is 4.17. The van der Waals surface area contributed by atoms with Crippen molar-refractivity contribution in [2.75, 3.05) is 6.61 Å². The third kappa shape index (κ3) is 2.15. The van der Waals surface area contributed by atoms with Crippen LogP contribution >= 0.6 is 0 Å². The average Bonchev–Trinajstić information content (AvgIpc) is 2.89. The van der Waals surface area contributed by atoms with Crippen LogP contribution < -0.4 is 0 Å². The van der Waals surface area contributed by atoms with E-state index in [1.807, 2.05) is 0 Å². The molecule has 150 valence electrons. The van der Waals surface area contributed by atoms with E-state index in [1.165, 1.54) is 0 Å². The predicted octanol–water partition coefficient (Wildman–Crippen LogP) is 1.27. The van der Waals surface area contributed by atoms with Crippen molar-refractivity contribution in [3.8, 4) is 0 Å². The molecule has 4 aliphatic rings. The summed E-state index contributed by atoms with van der Waals surface area (Å²) in [5, 5.41) is 20.7. The van der Waals surface area contributed by atoms with Gasteiger partial charge in [0, 0.05) is 24.2 Å². The highest BCUT2D eigenvalue weighted by Gasteiger charge is 2.74. The highest BCUT2D eigenvalue weighted by atomic mass is 16.3. The van der Waals surface area contributed by atoms with Crippen molar-refractivity contribution in [1.29, 1.82) is 0 Å². The van der Waals surface area contributed by atoms with Crippen molar-refractivity contribution < 1.29 is 29.4 Å². The van der Waals surface area contributed by atoms with E-state index in [0.717, 1.165) is 5.57 Å². The van der Waals surface area contributed by atoms with E-state index in [-0.39, 0.29) is 53.3 Å². The summed E-state index contributed by atoms with van der Waals surface area (Å²) in [4.78, 5) is 41.1. The average molecular weight is 386 g/mol. The molecule has 4 rings (SSSR count). The number of hydrogen-bond donors (Lipinski definition) is 2. The maximum atomic E-state index is 13.4. The Bertz CT molecular complexity index is 872. The number of hydrogen-bond acceptors (Lipinski definition) is 5. The van der Waals surface area contributed by atoms with E-state index < -0.39 is 23.4 Å². The molecule has 0 amide bonds. The first kappa shape index (κ1) is 19.4. The van der Waals surface area contributed by atoms with E-state index in [4.69, 9.17) is 0 Å². The summed E-state index contributed by atoms with van der Waals surface area (Å²) < 4.78 is 0. The van der Waals surface area contributed by atoms with Crippen LogP contribution in [0.15, 0.2) is 11.6 Å². The second kappa shape index (κ2) is 6.02. The lowest BCUT2D eigenvalue weighted by Crippen LogP contribution is -2.62. The number of aliphatic hydroxyl groups excluding tert-OH is 1. The Hall–Kier alpha value is -1.95. The third-order valence-corrected chi connectivity index (χ3v) is 8.37. The van der Waals surface area contributed by atoms with E-state index in [1.54, 1.807) is 13.0 Å².